The number of carbonyl (C=O) groups excluding carboxylic acids is 2. The molecular weight excluding hydrogens is 294 g/mol. The maximum absolute atomic E-state index is 12.2. The SMILES string of the molecule is CCOC(=O)C1CCN(/C=C(/C#N)C(=O)NC2CCCC2)CC1. The lowest BCUT2D eigenvalue weighted by Gasteiger charge is -2.30. The summed E-state index contributed by atoms with van der Waals surface area (Å²) >= 11 is 0. The minimum Gasteiger partial charge on any atom is -0.466 e. The van der Waals surface area contributed by atoms with E-state index in [1.165, 1.54) is 0 Å². The van der Waals surface area contributed by atoms with Gasteiger partial charge in [0.15, 0.2) is 0 Å². The summed E-state index contributed by atoms with van der Waals surface area (Å²) in [4.78, 5) is 25.8. The van der Waals surface area contributed by atoms with Crippen molar-refractivity contribution in [1.82, 2.24) is 10.2 Å². The smallest absolute Gasteiger partial charge is 0.309 e. The molecule has 0 spiro atoms. The number of carbonyl (C=O) groups is 2. The van der Waals surface area contributed by atoms with Crippen LogP contribution in [0.3, 0.4) is 0 Å². The minimum absolute atomic E-state index is 0.0718. The van der Waals surface area contributed by atoms with Crippen molar-refractivity contribution >= 4 is 11.9 Å². The van der Waals surface area contributed by atoms with Gasteiger partial charge in [0, 0.05) is 25.3 Å². The summed E-state index contributed by atoms with van der Waals surface area (Å²) in [6.07, 6.45) is 7.28. The Kier molecular flexibility index (Phi) is 6.45. The van der Waals surface area contributed by atoms with Gasteiger partial charge in [0.1, 0.15) is 11.6 Å². The topological polar surface area (TPSA) is 82.4 Å². The van der Waals surface area contributed by atoms with Crippen LogP contribution in [0.2, 0.25) is 0 Å². The molecular formula is C17H25N3O3. The largest absolute Gasteiger partial charge is 0.466 e. The van der Waals surface area contributed by atoms with Crippen LogP contribution in [0.1, 0.15) is 45.4 Å². The molecule has 0 aromatic carbocycles. The Morgan fingerprint density at radius 2 is 1.91 bits per heavy atom. The Balaban J connectivity index is 1.86. The number of rotatable bonds is 5. The number of piperidine rings is 1. The Morgan fingerprint density at radius 1 is 1.26 bits per heavy atom. The van der Waals surface area contributed by atoms with Crippen molar-refractivity contribution in [3.05, 3.63) is 11.8 Å². The maximum atomic E-state index is 12.2. The van der Waals surface area contributed by atoms with Crippen molar-refractivity contribution in [3.8, 4) is 6.07 Å². The van der Waals surface area contributed by atoms with Gasteiger partial charge in [0.05, 0.1) is 12.5 Å². The summed E-state index contributed by atoms with van der Waals surface area (Å²) in [6.45, 7) is 3.52. The lowest BCUT2D eigenvalue weighted by Crippen LogP contribution is -2.36. The van der Waals surface area contributed by atoms with Crippen LogP contribution in [0.25, 0.3) is 0 Å². The summed E-state index contributed by atoms with van der Waals surface area (Å²) < 4.78 is 5.04. The van der Waals surface area contributed by atoms with Gasteiger partial charge in [-0.2, -0.15) is 5.26 Å². The van der Waals surface area contributed by atoms with Gasteiger partial charge in [0.2, 0.25) is 0 Å². The van der Waals surface area contributed by atoms with Crippen LogP contribution < -0.4 is 5.32 Å². The molecule has 126 valence electrons. The van der Waals surface area contributed by atoms with E-state index in [1.54, 1.807) is 13.1 Å². The van der Waals surface area contributed by atoms with Gasteiger partial charge in [-0.05, 0) is 32.6 Å². The zero-order chi connectivity index (χ0) is 16.7. The average Bonchev–Trinajstić information content (AvgIpc) is 3.06. The zero-order valence-electron chi connectivity index (χ0n) is 13.7. The number of ether oxygens (including phenoxy) is 1. The Labute approximate surface area is 137 Å². The third-order valence-electron chi connectivity index (χ3n) is 4.52. The summed E-state index contributed by atoms with van der Waals surface area (Å²) in [6, 6.07) is 2.20. The second kappa shape index (κ2) is 8.56. The van der Waals surface area contributed by atoms with E-state index in [4.69, 9.17) is 4.74 Å². The average molecular weight is 319 g/mol. The molecule has 1 saturated carbocycles. The first-order chi connectivity index (χ1) is 11.1. The van der Waals surface area contributed by atoms with Crippen molar-refractivity contribution in [2.45, 2.75) is 51.5 Å². The summed E-state index contributed by atoms with van der Waals surface area (Å²) in [5.41, 5.74) is 0.145. The summed E-state index contributed by atoms with van der Waals surface area (Å²) in [5.74, 6) is -0.500. The predicted molar refractivity (Wildman–Crippen MR) is 85.0 cm³/mol. The van der Waals surface area contributed by atoms with E-state index in [0.717, 1.165) is 25.7 Å². The molecule has 1 heterocycles. The van der Waals surface area contributed by atoms with Crippen LogP contribution in [0.4, 0.5) is 0 Å². The Morgan fingerprint density at radius 3 is 2.48 bits per heavy atom. The minimum atomic E-state index is -0.285. The zero-order valence-corrected chi connectivity index (χ0v) is 13.7. The molecule has 0 atom stereocenters. The third kappa shape index (κ3) is 4.98. The number of amides is 1. The molecule has 1 amide bonds. The van der Waals surface area contributed by atoms with Crippen LogP contribution in [0.5, 0.6) is 0 Å². The van der Waals surface area contributed by atoms with E-state index >= 15 is 0 Å². The third-order valence-corrected chi connectivity index (χ3v) is 4.52. The summed E-state index contributed by atoms with van der Waals surface area (Å²) in [5, 5.41) is 12.2. The first kappa shape index (κ1) is 17.3. The normalized spacial score (nSPS) is 20.2. The molecule has 1 saturated heterocycles. The van der Waals surface area contributed by atoms with Crippen molar-refractivity contribution in [3.63, 3.8) is 0 Å². The van der Waals surface area contributed by atoms with E-state index in [9.17, 15) is 14.9 Å². The number of likely N-dealkylation sites (tertiary alicyclic amines) is 1. The van der Waals surface area contributed by atoms with E-state index in [2.05, 4.69) is 5.32 Å². The lowest BCUT2D eigenvalue weighted by molar-refractivity contribution is -0.149. The van der Waals surface area contributed by atoms with Gasteiger partial charge in [-0.25, -0.2) is 0 Å². The highest BCUT2D eigenvalue weighted by molar-refractivity contribution is 5.97. The van der Waals surface area contributed by atoms with Gasteiger partial charge in [-0.1, -0.05) is 12.8 Å². The number of hydrogen-bond donors (Lipinski definition) is 1. The number of esters is 1. The molecule has 0 unspecified atom stereocenters. The molecule has 23 heavy (non-hydrogen) atoms. The fraction of sp³-hybridized carbons (Fsp3) is 0.706. The van der Waals surface area contributed by atoms with Crippen LogP contribution in [0.15, 0.2) is 11.8 Å². The maximum Gasteiger partial charge on any atom is 0.309 e. The van der Waals surface area contributed by atoms with Gasteiger partial charge in [-0.3, -0.25) is 9.59 Å². The Bertz CT molecular complexity index is 496. The highest BCUT2D eigenvalue weighted by Gasteiger charge is 2.26. The number of nitriles is 1. The molecule has 0 radical (unpaired) electrons. The van der Waals surface area contributed by atoms with Crippen LogP contribution in [-0.4, -0.2) is 42.5 Å². The molecule has 1 aliphatic carbocycles. The van der Waals surface area contributed by atoms with Crippen molar-refractivity contribution < 1.29 is 14.3 Å². The molecule has 2 rings (SSSR count). The van der Waals surface area contributed by atoms with Gasteiger partial charge in [-0.15, -0.1) is 0 Å². The standard InChI is InChI=1S/C17H25N3O3/c1-2-23-17(22)13-7-9-20(10-8-13)12-14(11-18)16(21)19-15-5-3-4-6-15/h12-13,15H,2-10H2,1H3,(H,19,21)/b14-12-. The molecule has 0 aromatic rings. The predicted octanol–water partition coefficient (Wildman–Crippen LogP) is 1.73. The van der Waals surface area contributed by atoms with Gasteiger partial charge >= 0.3 is 5.97 Å². The lowest BCUT2D eigenvalue weighted by atomic mass is 9.97. The van der Waals surface area contributed by atoms with Gasteiger partial charge < -0.3 is 15.0 Å². The van der Waals surface area contributed by atoms with E-state index in [1.807, 2.05) is 11.0 Å². The first-order valence-electron chi connectivity index (χ1n) is 8.47. The molecule has 2 aliphatic rings. The highest BCUT2D eigenvalue weighted by atomic mass is 16.5. The van der Waals surface area contributed by atoms with Crippen LogP contribution in [0, 0.1) is 17.2 Å². The second-order valence-corrected chi connectivity index (χ2v) is 6.17. The fourth-order valence-electron chi connectivity index (χ4n) is 3.18. The van der Waals surface area contributed by atoms with E-state index in [-0.39, 0.29) is 29.4 Å². The Hall–Kier alpha value is -2.03. The molecule has 1 aliphatic heterocycles. The number of nitrogens with one attached hydrogen (secondary N) is 1. The van der Waals surface area contributed by atoms with E-state index < -0.39 is 0 Å². The van der Waals surface area contributed by atoms with Crippen molar-refractivity contribution in [2.75, 3.05) is 19.7 Å². The second-order valence-electron chi connectivity index (χ2n) is 6.17. The molecule has 6 heteroatoms. The number of hydrogen-bond acceptors (Lipinski definition) is 5. The monoisotopic (exact) mass is 319 g/mol. The first-order valence-corrected chi connectivity index (χ1v) is 8.47. The van der Waals surface area contributed by atoms with Gasteiger partial charge in [0.25, 0.3) is 5.91 Å². The van der Waals surface area contributed by atoms with Crippen molar-refractivity contribution in [1.29, 1.82) is 5.26 Å². The molecule has 0 aromatic heterocycles. The van der Waals surface area contributed by atoms with E-state index in [0.29, 0.717) is 32.5 Å². The van der Waals surface area contributed by atoms with Crippen LogP contribution in [-0.2, 0) is 14.3 Å². The molecule has 1 N–H and O–H groups in total. The fourth-order valence-corrected chi connectivity index (χ4v) is 3.18. The number of nitrogens with zero attached hydrogens (tertiary/aromatic N) is 2. The quantitative estimate of drug-likeness (QED) is 0.474. The molecule has 2 fully saturated rings. The highest BCUT2D eigenvalue weighted by Crippen LogP contribution is 2.20. The molecule has 6 nitrogen and oxygen atoms in total. The molecule has 0 bridgehead atoms. The van der Waals surface area contributed by atoms with Crippen molar-refractivity contribution in [2.24, 2.45) is 5.92 Å². The van der Waals surface area contributed by atoms with Crippen LogP contribution >= 0.6 is 0 Å². The summed E-state index contributed by atoms with van der Waals surface area (Å²) in [7, 11) is 0.